The number of likely N-dealkylation sites (tertiary alicyclic amines) is 1. The Labute approximate surface area is 208 Å². The highest BCUT2D eigenvalue weighted by Gasteiger charge is 2.46. The van der Waals surface area contributed by atoms with E-state index >= 15 is 0 Å². The molecule has 0 bridgehead atoms. The summed E-state index contributed by atoms with van der Waals surface area (Å²) in [5.74, 6) is 0.109. The summed E-state index contributed by atoms with van der Waals surface area (Å²) in [4.78, 5) is 13.9. The molecule has 0 radical (unpaired) electrons. The van der Waals surface area contributed by atoms with Gasteiger partial charge in [-0.05, 0) is 37.6 Å². The van der Waals surface area contributed by atoms with Crippen molar-refractivity contribution in [2.45, 2.75) is 25.8 Å². The predicted molar refractivity (Wildman–Crippen MR) is 129 cm³/mol. The minimum Gasteiger partial charge on any atom is -0.494 e. The van der Waals surface area contributed by atoms with Crippen LogP contribution in [0.25, 0.3) is 17.3 Å². The lowest BCUT2D eigenvalue weighted by Gasteiger charge is -2.28. The Morgan fingerprint density at radius 1 is 1.22 bits per heavy atom. The number of nitriles is 1. The molecule has 1 N–H and O–H groups in total. The number of sulfonamides is 1. The van der Waals surface area contributed by atoms with E-state index in [4.69, 9.17) is 13.9 Å². The summed E-state index contributed by atoms with van der Waals surface area (Å²) >= 11 is 0. The van der Waals surface area contributed by atoms with Crippen molar-refractivity contribution in [1.82, 2.24) is 19.7 Å². The first-order valence-corrected chi connectivity index (χ1v) is 12.7. The molecule has 0 unspecified atom stereocenters. The number of aromatic nitrogens is 3. The fraction of sp³-hybridized carbons (Fsp3) is 0.391. The minimum atomic E-state index is -4.04. The van der Waals surface area contributed by atoms with Crippen LogP contribution in [-0.2, 0) is 14.8 Å². The van der Waals surface area contributed by atoms with Gasteiger partial charge in [-0.15, -0.1) is 10.2 Å². The molecule has 2 aromatic heterocycles. The number of carbonyl (C=O) groups excluding carboxylic acids is 1. The Balaban J connectivity index is 1.71. The maximum Gasteiger partial charge on any atom is 0.243 e. The van der Waals surface area contributed by atoms with Crippen LogP contribution in [0.4, 0.5) is 5.95 Å². The Bertz CT molecular complexity index is 1390. The number of methoxy groups -OCH3 is 2. The van der Waals surface area contributed by atoms with Gasteiger partial charge >= 0.3 is 0 Å². The van der Waals surface area contributed by atoms with E-state index in [9.17, 15) is 18.5 Å². The third-order valence-electron chi connectivity index (χ3n) is 6.09. The third-order valence-corrected chi connectivity index (χ3v) is 7.30. The van der Waals surface area contributed by atoms with Gasteiger partial charge in [-0.3, -0.25) is 14.1 Å². The molecule has 36 heavy (non-hydrogen) atoms. The van der Waals surface area contributed by atoms with Crippen molar-refractivity contribution in [3.05, 3.63) is 36.6 Å². The third kappa shape index (κ3) is 4.47. The van der Waals surface area contributed by atoms with E-state index < -0.39 is 21.3 Å². The number of hydrogen-bond acceptors (Lipinski definition) is 9. The van der Waals surface area contributed by atoms with Crippen LogP contribution in [0, 0.1) is 17.2 Å². The first-order chi connectivity index (χ1) is 17.1. The fourth-order valence-electron chi connectivity index (χ4n) is 4.35. The minimum absolute atomic E-state index is 0.131. The average molecular weight is 515 g/mol. The summed E-state index contributed by atoms with van der Waals surface area (Å²) in [6.07, 6.45) is 1.79. The van der Waals surface area contributed by atoms with Gasteiger partial charge in [0.1, 0.15) is 22.7 Å². The molecular weight excluding hydrogens is 488 g/mol. The standard InChI is InChI=1S/C23H26N6O6S/c1-15-13-23(2,14-24)28(21(15)30)10-12-36(31,32)27-22-26-25-20(18-9-6-11-35-18)29(22)19-16(33-3)7-5-8-17(19)34-4/h5-9,11,15H,10,12-13H2,1-4H3,(H,26,27)/t15-,23+/m0/s1. The van der Waals surface area contributed by atoms with E-state index in [1.165, 1.54) is 29.9 Å². The summed E-state index contributed by atoms with van der Waals surface area (Å²) in [7, 11) is -1.09. The van der Waals surface area contributed by atoms with Crippen LogP contribution in [0.1, 0.15) is 20.3 Å². The SMILES string of the molecule is COc1cccc(OC)c1-n1c(NS(=O)(=O)CCN2C(=O)[C@@H](C)C[C@]2(C)C#N)nnc1-c1ccco1. The molecule has 12 nitrogen and oxygen atoms in total. The van der Waals surface area contributed by atoms with Crippen molar-refractivity contribution in [2.24, 2.45) is 5.92 Å². The zero-order valence-corrected chi connectivity index (χ0v) is 21.1. The highest BCUT2D eigenvalue weighted by molar-refractivity contribution is 7.92. The molecule has 2 atom stereocenters. The molecule has 4 rings (SSSR count). The van der Waals surface area contributed by atoms with Gasteiger partial charge in [0.15, 0.2) is 5.76 Å². The largest absolute Gasteiger partial charge is 0.494 e. The molecule has 0 spiro atoms. The summed E-state index contributed by atoms with van der Waals surface area (Å²) in [6, 6.07) is 10.6. The van der Waals surface area contributed by atoms with Gasteiger partial charge in [0, 0.05) is 12.5 Å². The molecule has 1 fully saturated rings. The highest BCUT2D eigenvalue weighted by Crippen LogP contribution is 2.38. The second kappa shape index (κ2) is 9.54. The van der Waals surface area contributed by atoms with Crippen LogP contribution < -0.4 is 14.2 Å². The molecule has 3 aromatic rings. The number of anilines is 1. The smallest absolute Gasteiger partial charge is 0.243 e. The normalized spacial score (nSPS) is 19.8. The number of carbonyl (C=O) groups is 1. The number of para-hydroxylation sites is 1. The Morgan fingerprint density at radius 2 is 1.92 bits per heavy atom. The Morgan fingerprint density at radius 3 is 2.50 bits per heavy atom. The van der Waals surface area contributed by atoms with Gasteiger partial charge in [0.25, 0.3) is 0 Å². The van der Waals surface area contributed by atoms with Gasteiger partial charge in [-0.2, -0.15) is 5.26 Å². The maximum atomic E-state index is 13.1. The van der Waals surface area contributed by atoms with E-state index in [1.54, 1.807) is 44.2 Å². The van der Waals surface area contributed by atoms with Crippen LogP contribution in [0.15, 0.2) is 41.0 Å². The van der Waals surface area contributed by atoms with E-state index in [0.717, 1.165) is 0 Å². The van der Waals surface area contributed by atoms with Crippen LogP contribution in [0.3, 0.4) is 0 Å². The number of rotatable bonds is 9. The number of nitrogens with zero attached hydrogens (tertiary/aromatic N) is 5. The van der Waals surface area contributed by atoms with Crippen LogP contribution in [-0.4, -0.2) is 66.0 Å². The van der Waals surface area contributed by atoms with Crippen LogP contribution in [0.2, 0.25) is 0 Å². The van der Waals surface area contributed by atoms with E-state index in [2.05, 4.69) is 21.0 Å². The first kappa shape index (κ1) is 25.1. The highest BCUT2D eigenvalue weighted by atomic mass is 32.2. The van der Waals surface area contributed by atoms with Crippen molar-refractivity contribution in [3.8, 4) is 34.8 Å². The van der Waals surface area contributed by atoms with Crippen molar-refractivity contribution >= 4 is 21.9 Å². The molecule has 13 heteroatoms. The lowest BCUT2D eigenvalue weighted by Crippen LogP contribution is -2.45. The zero-order valence-electron chi connectivity index (χ0n) is 20.3. The Hall–Kier alpha value is -4.05. The van der Waals surface area contributed by atoms with Crippen molar-refractivity contribution in [2.75, 3.05) is 31.2 Å². The topological polar surface area (TPSA) is 153 Å². The summed E-state index contributed by atoms with van der Waals surface area (Å²) in [6.45, 7) is 3.21. The molecule has 1 aliphatic rings. The number of nitrogens with one attached hydrogen (secondary N) is 1. The van der Waals surface area contributed by atoms with Gasteiger partial charge in [-0.1, -0.05) is 13.0 Å². The number of benzene rings is 1. The Kier molecular flexibility index (Phi) is 6.64. The lowest BCUT2D eigenvalue weighted by atomic mass is 9.97. The quantitative estimate of drug-likeness (QED) is 0.454. The summed E-state index contributed by atoms with van der Waals surface area (Å²) < 4.78 is 46.6. The molecule has 190 valence electrons. The van der Waals surface area contributed by atoms with Crippen LogP contribution >= 0.6 is 0 Å². The van der Waals surface area contributed by atoms with E-state index in [0.29, 0.717) is 29.4 Å². The van der Waals surface area contributed by atoms with Gasteiger partial charge in [0.05, 0.1) is 32.3 Å². The fourth-order valence-corrected chi connectivity index (χ4v) is 5.28. The van der Waals surface area contributed by atoms with Gasteiger partial charge in [-0.25, -0.2) is 8.42 Å². The average Bonchev–Trinajstić information content (AvgIpc) is 3.57. The van der Waals surface area contributed by atoms with Crippen molar-refractivity contribution in [3.63, 3.8) is 0 Å². The van der Waals surface area contributed by atoms with Crippen molar-refractivity contribution < 1.29 is 27.1 Å². The number of hydrogen-bond donors (Lipinski definition) is 1. The predicted octanol–water partition coefficient (Wildman–Crippen LogP) is 2.44. The summed E-state index contributed by atoms with van der Waals surface area (Å²) in [5.41, 5.74) is -0.708. The molecule has 1 aromatic carbocycles. The zero-order chi connectivity index (χ0) is 26.1. The maximum absolute atomic E-state index is 13.1. The lowest BCUT2D eigenvalue weighted by molar-refractivity contribution is -0.132. The molecule has 3 heterocycles. The number of amides is 1. The van der Waals surface area contributed by atoms with Crippen molar-refractivity contribution in [1.29, 1.82) is 5.26 Å². The molecular formula is C23H26N6O6S. The molecule has 1 amide bonds. The monoisotopic (exact) mass is 514 g/mol. The second-order valence-corrected chi connectivity index (χ2v) is 10.4. The van der Waals surface area contributed by atoms with Crippen LogP contribution in [0.5, 0.6) is 11.5 Å². The summed E-state index contributed by atoms with van der Waals surface area (Å²) in [5, 5.41) is 17.8. The van der Waals surface area contributed by atoms with E-state index in [1.807, 2.05) is 0 Å². The molecule has 0 aliphatic carbocycles. The van der Waals surface area contributed by atoms with Gasteiger partial charge in [0.2, 0.25) is 27.7 Å². The number of furan rings is 1. The van der Waals surface area contributed by atoms with Gasteiger partial charge < -0.3 is 18.8 Å². The van der Waals surface area contributed by atoms with E-state index in [-0.39, 0.29) is 30.1 Å². The second-order valence-electron chi connectivity index (χ2n) is 8.57. The molecule has 0 saturated carbocycles. The first-order valence-electron chi connectivity index (χ1n) is 11.1. The molecule has 1 saturated heterocycles. The number of ether oxygens (including phenoxy) is 2. The molecule has 1 aliphatic heterocycles.